The third kappa shape index (κ3) is 5.68. The maximum absolute atomic E-state index is 13.9. The lowest BCUT2D eigenvalue weighted by Crippen LogP contribution is -2.60. The van der Waals surface area contributed by atoms with E-state index in [4.69, 9.17) is 9.47 Å². The van der Waals surface area contributed by atoms with E-state index in [9.17, 15) is 40.2 Å². The molecule has 2 aromatic rings. The highest BCUT2D eigenvalue weighted by Crippen LogP contribution is 2.44. The van der Waals surface area contributed by atoms with Crippen molar-refractivity contribution in [2.24, 2.45) is 23.7 Å². The zero-order valence-corrected chi connectivity index (χ0v) is 24.2. The minimum absolute atomic E-state index is 0.0613. The number of carbonyl (C=O) groups excluding carboxylic acids is 2. The molecule has 6 N–H and O–H groups in total. The van der Waals surface area contributed by atoms with Crippen LogP contribution >= 0.6 is 0 Å². The molecule has 6 rings (SSSR count). The van der Waals surface area contributed by atoms with Crippen molar-refractivity contribution >= 4 is 11.6 Å². The summed E-state index contributed by atoms with van der Waals surface area (Å²) < 4.78 is 11.2. The number of rotatable bonds is 7. The molecule has 234 valence electrons. The molecule has 44 heavy (non-hydrogen) atoms. The fourth-order valence-electron chi connectivity index (χ4n) is 7.26. The Bertz CT molecular complexity index is 1460. The van der Waals surface area contributed by atoms with Crippen molar-refractivity contribution in [1.29, 1.82) is 0 Å². The molecule has 1 heterocycles. The molecule has 4 aliphatic rings. The van der Waals surface area contributed by atoms with Crippen molar-refractivity contribution in [3.63, 3.8) is 0 Å². The second kappa shape index (κ2) is 12.5. The zero-order valence-electron chi connectivity index (χ0n) is 24.2. The fraction of sp³-hybridized carbons (Fsp3) is 0.471. The Morgan fingerprint density at radius 3 is 2.25 bits per heavy atom. The van der Waals surface area contributed by atoms with Gasteiger partial charge in [-0.15, -0.1) is 0 Å². The molecule has 1 aliphatic heterocycles. The predicted octanol–water partition coefficient (Wildman–Crippen LogP) is 3.00. The number of fused-ring (bicyclic) bond motifs is 2. The normalized spacial score (nSPS) is 33.6. The van der Waals surface area contributed by atoms with E-state index in [2.05, 4.69) is 0 Å². The lowest BCUT2D eigenvalue weighted by atomic mass is 9.68. The van der Waals surface area contributed by atoms with Gasteiger partial charge in [0.1, 0.15) is 41.7 Å². The molecule has 0 bridgehead atoms. The standard InChI is InChI=1S/C34H38O10/c35-16-26-30(39)32(41)33(42)34(44-26)43-25-7-3-6-22-28(25)31(40)27-23(29(22)38)14-18(15-24(27)37)13-20-5-2-1-4-19(20)12-17-8-10-21(36)11-9-17/h3,6-11,14-15,19-20,23,26-27,30,32-37,39,41-42H,1-2,4-5,12-13,16H2. The number of ether oxygens (including phenoxy) is 2. The molecule has 2 fully saturated rings. The van der Waals surface area contributed by atoms with Gasteiger partial charge in [0.15, 0.2) is 11.6 Å². The summed E-state index contributed by atoms with van der Waals surface area (Å²) >= 11 is 0. The van der Waals surface area contributed by atoms with E-state index in [0.29, 0.717) is 18.3 Å². The zero-order chi connectivity index (χ0) is 31.1. The van der Waals surface area contributed by atoms with Crippen molar-refractivity contribution in [2.45, 2.75) is 69.2 Å². The Morgan fingerprint density at radius 1 is 0.841 bits per heavy atom. The summed E-state index contributed by atoms with van der Waals surface area (Å²) in [5.41, 5.74) is 2.03. The second-order valence-corrected chi connectivity index (χ2v) is 12.4. The molecule has 0 radical (unpaired) electrons. The Labute approximate surface area is 254 Å². The molecule has 1 saturated heterocycles. The Balaban J connectivity index is 1.23. The minimum atomic E-state index is -1.70. The van der Waals surface area contributed by atoms with Crippen LogP contribution in [0, 0.1) is 23.7 Å². The third-order valence-corrected chi connectivity index (χ3v) is 9.62. The van der Waals surface area contributed by atoms with Crippen molar-refractivity contribution in [3.05, 3.63) is 82.6 Å². The predicted molar refractivity (Wildman–Crippen MR) is 157 cm³/mol. The number of hydrogen-bond acceptors (Lipinski definition) is 10. The Morgan fingerprint density at radius 2 is 1.55 bits per heavy atom. The van der Waals surface area contributed by atoms with Crippen LogP contribution in [0.3, 0.4) is 0 Å². The number of phenols is 1. The van der Waals surface area contributed by atoms with Crippen LogP contribution in [0.2, 0.25) is 0 Å². The summed E-state index contributed by atoms with van der Waals surface area (Å²) in [6.07, 6.45) is 1.60. The van der Waals surface area contributed by atoms with Crippen LogP contribution in [0.15, 0.2) is 65.9 Å². The van der Waals surface area contributed by atoms with Crippen molar-refractivity contribution in [2.75, 3.05) is 6.61 Å². The molecule has 3 aliphatic carbocycles. The smallest absolute Gasteiger partial charge is 0.229 e. The van der Waals surface area contributed by atoms with Crippen LogP contribution in [-0.4, -0.2) is 79.5 Å². The molecule has 0 aromatic heterocycles. The van der Waals surface area contributed by atoms with Gasteiger partial charge >= 0.3 is 0 Å². The quantitative estimate of drug-likeness (QED) is 0.275. The fourth-order valence-corrected chi connectivity index (χ4v) is 7.26. The van der Waals surface area contributed by atoms with E-state index >= 15 is 0 Å². The number of Topliss-reactive ketones (excluding diaryl/α,β-unsaturated/α-hetero) is 2. The van der Waals surface area contributed by atoms with Crippen LogP contribution in [0.5, 0.6) is 11.5 Å². The number of benzene rings is 2. The van der Waals surface area contributed by atoms with Gasteiger partial charge in [0.2, 0.25) is 6.29 Å². The first-order valence-electron chi connectivity index (χ1n) is 15.2. The van der Waals surface area contributed by atoms with Gasteiger partial charge in [0, 0.05) is 5.56 Å². The van der Waals surface area contributed by atoms with Crippen LogP contribution in [-0.2, 0) is 11.2 Å². The first-order valence-corrected chi connectivity index (χ1v) is 15.2. The van der Waals surface area contributed by atoms with E-state index in [0.717, 1.165) is 43.2 Å². The van der Waals surface area contributed by atoms with Crippen LogP contribution in [0.1, 0.15) is 58.4 Å². The maximum atomic E-state index is 13.9. The monoisotopic (exact) mass is 606 g/mol. The highest BCUT2D eigenvalue weighted by molar-refractivity contribution is 6.19. The van der Waals surface area contributed by atoms with Crippen molar-refractivity contribution in [3.8, 4) is 11.5 Å². The van der Waals surface area contributed by atoms with Gasteiger partial charge in [-0.2, -0.15) is 0 Å². The summed E-state index contributed by atoms with van der Waals surface area (Å²) in [7, 11) is 0. The number of carbonyl (C=O) groups is 2. The molecule has 10 nitrogen and oxygen atoms in total. The molecular weight excluding hydrogens is 568 g/mol. The summed E-state index contributed by atoms with van der Waals surface area (Å²) in [6, 6.07) is 11.7. The third-order valence-electron chi connectivity index (χ3n) is 9.62. The van der Waals surface area contributed by atoms with E-state index in [1.54, 1.807) is 18.2 Å². The highest BCUT2D eigenvalue weighted by Gasteiger charge is 2.48. The average molecular weight is 607 g/mol. The second-order valence-electron chi connectivity index (χ2n) is 12.4. The number of aliphatic hydroxyl groups is 5. The summed E-state index contributed by atoms with van der Waals surface area (Å²) in [5, 5.41) is 61.0. The van der Waals surface area contributed by atoms with Gasteiger partial charge in [-0.1, -0.05) is 43.2 Å². The minimum Gasteiger partial charge on any atom is -0.511 e. The number of aliphatic hydroxyl groups excluding tert-OH is 5. The first kappa shape index (κ1) is 30.5. The molecule has 2 aromatic carbocycles. The number of allylic oxidation sites excluding steroid dienone is 4. The van der Waals surface area contributed by atoms with Gasteiger partial charge in [0.25, 0.3) is 0 Å². The largest absolute Gasteiger partial charge is 0.511 e. The highest BCUT2D eigenvalue weighted by atomic mass is 16.7. The van der Waals surface area contributed by atoms with Crippen LogP contribution in [0.4, 0.5) is 0 Å². The molecule has 9 unspecified atom stereocenters. The van der Waals surface area contributed by atoms with Crippen molar-refractivity contribution < 1.29 is 49.7 Å². The van der Waals surface area contributed by atoms with Crippen molar-refractivity contribution in [1.82, 2.24) is 0 Å². The van der Waals surface area contributed by atoms with Gasteiger partial charge in [-0.05, 0) is 72.9 Å². The maximum Gasteiger partial charge on any atom is 0.229 e. The van der Waals surface area contributed by atoms with Crippen LogP contribution < -0.4 is 4.74 Å². The first-order chi connectivity index (χ1) is 21.2. The topological polar surface area (TPSA) is 174 Å². The van der Waals surface area contributed by atoms with Gasteiger partial charge in [0.05, 0.1) is 24.0 Å². The number of ketones is 2. The summed E-state index contributed by atoms with van der Waals surface area (Å²) in [5.74, 6) is -2.15. The molecule has 1 saturated carbocycles. The lowest BCUT2D eigenvalue weighted by Gasteiger charge is -2.40. The molecule has 9 atom stereocenters. The molecule has 0 amide bonds. The number of hydrogen-bond donors (Lipinski definition) is 6. The molecular formula is C34H38O10. The number of phenolic OH excluding ortho intramolecular Hbond substituents is 1. The summed E-state index contributed by atoms with van der Waals surface area (Å²) in [4.78, 5) is 27.7. The van der Waals surface area contributed by atoms with Gasteiger partial charge in [-0.3, -0.25) is 9.59 Å². The van der Waals surface area contributed by atoms with Gasteiger partial charge in [-0.25, -0.2) is 0 Å². The Kier molecular flexibility index (Phi) is 8.63. The van der Waals surface area contributed by atoms with E-state index in [1.165, 1.54) is 18.2 Å². The lowest BCUT2D eigenvalue weighted by molar-refractivity contribution is -0.277. The van der Waals surface area contributed by atoms with E-state index in [1.807, 2.05) is 18.2 Å². The van der Waals surface area contributed by atoms with E-state index < -0.39 is 54.9 Å². The van der Waals surface area contributed by atoms with E-state index in [-0.39, 0.29) is 34.2 Å². The average Bonchev–Trinajstić information content (AvgIpc) is 3.02. The number of aromatic hydroxyl groups is 1. The molecule has 10 heteroatoms. The molecule has 0 spiro atoms. The summed E-state index contributed by atoms with van der Waals surface area (Å²) in [6.45, 7) is -0.648. The van der Waals surface area contributed by atoms with Crippen LogP contribution in [0.25, 0.3) is 0 Å². The van der Waals surface area contributed by atoms with Gasteiger partial charge < -0.3 is 40.1 Å². The Hall–Kier alpha value is -3.54. The SMILES string of the molecule is O=C1c2cccc(OC3OC(CO)C(O)C(O)C3O)c2C(=O)C2C(O)=CC(CC3CCCCC3Cc3ccc(O)cc3)=CC12.